The van der Waals surface area contributed by atoms with Gasteiger partial charge in [0.1, 0.15) is 5.75 Å². The van der Waals surface area contributed by atoms with Gasteiger partial charge in [0.2, 0.25) is 11.8 Å². The molecule has 1 N–H and O–H groups in total. The minimum absolute atomic E-state index is 0.0809. The highest BCUT2D eigenvalue weighted by molar-refractivity contribution is 7.98. The van der Waals surface area contributed by atoms with Crippen LogP contribution in [0.1, 0.15) is 11.5 Å². The van der Waals surface area contributed by atoms with E-state index >= 15 is 0 Å². The van der Waals surface area contributed by atoms with Gasteiger partial charge in [-0.05, 0) is 31.2 Å². The van der Waals surface area contributed by atoms with Gasteiger partial charge in [0.25, 0.3) is 0 Å². The molecule has 2 heterocycles. The maximum absolute atomic E-state index is 12.3. The Labute approximate surface area is 157 Å². The second kappa shape index (κ2) is 7.36. The van der Waals surface area contributed by atoms with Crippen molar-refractivity contribution in [1.29, 1.82) is 0 Å². The van der Waals surface area contributed by atoms with Crippen LogP contribution in [0.4, 0.5) is 8.78 Å². The highest BCUT2D eigenvalue weighted by Gasteiger charge is 2.12. The number of halogens is 2. The van der Waals surface area contributed by atoms with Crippen molar-refractivity contribution in [3.05, 3.63) is 53.9 Å². The molecule has 0 atom stereocenters. The van der Waals surface area contributed by atoms with Crippen LogP contribution in [0.3, 0.4) is 0 Å². The molecule has 4 aromatic rings. The third-order valence-electron chi connectivity index (χ3n) is 3.72. The molecule has 2 aromatic heterocycles. The fraction of sp³-hybridized carbons (Fsp3) is 0.167. The van der Waals surface area contributed by atoms with E-state index in [1.165, 1.54) is 23.9 Å². The van der Waals surface area contributed by atoms with Gasteiger partial charge < -0.3 is 14.1 Å². The number of ether oxygens (including phenoxy) is 1. The number of thioether (sulfide) groups is 1. The van der Waals surface area contributed by atoms with Crippen molar-refractivity contribution in [3.8, 4) is 17.2 Å². The number of H-pyrrole nitrogens is 1. The minimum atomic E-state index is -2.86. The summed E-state index contributed by atoms with van der Waals surface area (Å²) in [6.07, 6.45) is 0. The first-order valence-electron chi connectivity index (χ1n) is 8.03. The lowest BCUT2D eigenvalue weighted by Crippen LogP contribution is -2.01. The molecule has 0 radical (unpaired) electrons. The Bertz CT molecular complexity index is 1080. The van der Waals surface area contributed by atoms with Gasteiger partial charge in [0, 0.05) is 11.6 Å². The fourth-order valence-corrected chi connectivity index (χ4v) is 3.27. The van der Waals surface area contributed by atoms with E-state index in [0.717, 1.165) is 11.1 Å². The molecule has 0 saturated carbocycles. The Kier molecular flexibility index (Phi) is 4.76. The average Bonchev–Trinajstić information content (AvgIpc) is 3.25. The largest absolute Gasteiger partial charge is 0.435 e. The summed E-state index contributed by atoms with van der Waals surface area (Å²) in [5.41, 5.74) is 3.25. The fourth-order valence-electron chi connectivity index (χ4n) is 2.55. The number of nitrogens with zero attached hydrogens (tertiary/aromatic N) is 3. The summed E-state index contributed by atoms with van der Waals surface area (Å²) < 4.78 is 34.7. The van der Waals surface area contributed by atoms with E-state index < -0.39 is 6.61 Å². The number of imidazole rings is 1. The van der Waals surface area contributed by atoms with Crippen molar-refractivity contribution >= 4 is 22.8 Å². The number of aromatic nitrogens is 4. The summed E-state index contributed by atoms with van der Waals surface area (Å²) in [4.78, 5) is 7.46. The number of hydrogen-bond acceptors (Lipinski definition) is 6. The van der Waals surface area contributed by atoms with Crippen molar-refractivity contribution in [2.24, 2.45) is 0 Å². The Balaban J connectivity index is 1.46. The van der Waals surface area contributed by atoms with Crippen LogP contribution in [-0.4, -0.2) is 26.8 Å². The first-order valence-corrected chi connectivity index (χ1v) is 9.02. The van der Waals surface area contributed by atoms with Crippen LogP contribution in [0.2, 0.25) is 0 Å². The first-order chi connectivity index (χ1) is 13.1. The van der Waals surface area contributed by atoms with E-state index in [4.69, 9.17) is 4.42 Å². The summed E-state index contributed by atoms with van der Waals surface area (Å²) in [5.74, 6) is 1.45. The van der Waals surface area contributed by atoms with Crippen LogP contribution in [0.5, 0.6) is 5.75 Å². The zero-order valence-electron chi connectivity index (χ0n) is 14.1. The topological polar surface area (TPSA) is 76.8 Å². The minimum Gasteiger partial charge on any atom is -0.435 e. The van der Waals surface area contributed by atoms with Crippen LogP contribution in [0.15, 0.2) is 52.0 Å². The van der Waals surface area contributed by atoms with Crippen LogP contribution in [0.25, 0.3) is 22.5 Å². The quantitative estimate of drug-likeness (QED) is 0.478. The average molecular weight is 388 g/mol. The summed E-state index contributed by atoms with van der Waals surface area (Å²) in [6, 6.07) is 12.4. The molecule has 138 valence electrons. The van der Waals surface area contributed by atoms with Crippen molar-refractivity contribution in [2.45, 2.75) is 24.4 Å². The lowest BCUT2D eigenvalue weighted by Gasteiger charge is -2.02. The normalized spacial score (nSPS) is 11.4. The summed E-state index contributed by atoms with van der Waals surface area (Å²) in [5, 5.41) is 8.75. The number of nitrogens with one attached hydrogen (secondary N) is 1. The third-order valence-corrected chi connectivity index (χ3v) is 4.58. The highest BCUT2D eigenvalue weighted by atomic mass is 32.2. The third kappa shape index (κ3) is 4.08. The van der Waals surface area contributed by atoms with E-state index in [1.807, 2.05) is 31.2 Å². The number of hydrogen-bond donors (Lipinski definition) is 1. The second-order valence-electron chi connectivity index (χ2n) is 5.76. The smallest absolute Gasteiger partial charge is 0.387 e. The molecule has 27 heavy (non-hydrogen) atoms. The number of rotatable bonds is 6. The molecule has 0 fully saturated rings. The van der Waals surface area contributed by atoms with E-state index in [0.29, 0.717) is 33.7 Å². The predicted molar refractivity (Wildman–Crippen MR) is 96.8 cm³/mol. The monoisotopic (exact) mass is 388 g/mol. The zero-order valence-corrected chi connectivity index (χ0v) is 15.0. The Morgan fingerprint density at radius 2 is 2.07 bits per heavy atom. The maximum atomic E-state index is 12.3. The van der Waals surface area contributed by atoms with Crippen LogP contribution in [0, 0.1) is 6.92 Å². The lowest BCUT2D eigenvalue weighted by molar-refractivity contribution is -0.0497. The maximum Gasteiger partial charge on any atom is 0.387 e. The van der Waals surface area contributed by atoms with Crippen molar-refractivity contribution < 1.29 is 17.9 Å². The van der Waals surface area contributed by atoms with Crippen LogP contribution < -0.4 is 4.74 Å². The number of aromatic amines is 1. The lowest BCUT2D eigenvalue weighted by atomic mass is 10.1. The molecule has 0 aliphatic carbocycles. The van der Waals surface area contributed by atoms with Crippen molar-refractivity contribution in [1.82, 2.24) is 20.2 Å². The first kappa shape index (κ1) is 17.5. The van der Waals surface area contributed by atoms with Gasteiger partial charge in [-0.2, -0.15) is 8.78 Å². The summed E-state index contributed by atoms with van der Waals surface area (Å²) >= 11 is 1.38. The molecule has 0 spiro atoms. The molecular weight excluding hydrogens is 374 g/mol. The summed E-state index contributed by atoms with van der Waals surface area (Å²) in [7, 11) is 0. The molecule has 2 aromatic carbocycles. The molecule has 0 aliphatic heterocycles. The molecule has 0 bridgehead atoms. The number of fused-ring (bicyclic) bond motifs is 1. The van der Waals surface area contributed by atoms with E-state index in [-0.39, 0.29) is 5.75 Å². The van der Waals surface area contributed by atoms with Crippen molar-refractivity contribution in [3.63, 3.8) is 0 Å². The van der Waals surface area contributed by atoms with Gasteiger partial charge in [-0.1, -0.05) is 29.5 Å². The van der Waals surface area contributed by atoms with Crippen LogP contribution in [-0.2, 0) is 5.75 Å². The SMILES string of the molecule is Cc1cccc(-c2nnc(CSc3nc4ccc(OC(F)F)cc4[nH]3)o2)c1. The predicted octanol–water partition coefficient (Wildman–Crippen LogP) is 4.82. The van der Waals surface area contributed by atoms with Gasteiger partial charge in [-0.3, -0.25) is 0 Å². The van der Waals surface area contributed by atoms with Crippen LogP contribution >= 0.6 is 11.8 Å². The highest BCUT2D eigenvalue weighted by Crippen LogP contribution is 2.27. The van der Waals surface area contributed by atoms with E-state index in [1.54, 1.807) is 6.07 Å². The summed E-state index contributed by atoms with van der Waals surface area (Å²) in [6.45, 7) is -0.866. The van der Waals surface area contributed by atoms with Crippen molar-refractivity contribution in [2.75, 3.05) is 0 Å². The Morgan fingerprint density at radius 1 is 1.19 bits per heavy atom. The Morgan fingerprint density at radius 3 is 2.89 bits per heavy atom. The molecule has 9 heteroatoms. The second-order valence-corrected chi connectivity index (χ2v) is 6.72. The molecule has 0 unspecified atom stereocenters. The van der Waals surface area contributed by atoms with Gasteiger partial charge in [-0.25, -0.2) is 4.98 Å². The zero-order chi connectivity index (χ0) is 18.8. The molecule has 6 nitrogen and oxygen atoms in total. The van der Waals surface area contributed by atoms with Gasteiger partial charge in [0.15, 0.2) is 5.16 Å². The van der Waals surface area contributed by atoms with Gasteiger partial charge in [0.05, 0.1) is 16.8 Å². The molecule has 0 amide bonds. The van der Waals surface area contributed by atoms with E-state index in [9.17, 15) is 8.78 Å². The van der Waals surface area contributed by atoms with Gasteiger partial charge in [-0.15, -0.1) is 10.2 Å². The van der Waals surface area contributed by atoms with Gasteiger partial charge >= 0.3 is 6.61 Å². The number of benzene rings is 2. The number of alkyl halides is 2. The molecular formula is C18H14F2N4O2S. The molecule has 0 saturated heterocycles. The van der Waals surface area contributed by atoms with E-state index in [2.05, 4.69) is 24.9 Å². The Hall–Kier alpha value is -2.94. The molecule has 0 aliphatic rings. The molecule has 4 rings (SSSR count). The standard InChI is InChI=1S/C18H14F2N4O2S/c1-10-3-2-4-11(7-10)16-24-23-15(26-16)9-27-18-21-13-6-5-12(25-17(19)20)8-14(13)22-18/h2-8,17H,9H2,1H3,(H,21,22). The number of aryl methyl sites for hydroxylation is 1.